The van der Waals surface area contributed by atoms with Crippen molar-refractivity contribution in [1.82, 2.24) is 10.6 Å². The van der Waals surface area contributed by atoms with E-state index in [1.807, 2.05) is 0 Å². The average Bonchev–Trinajstić information content (AvgIpc) is 2.57. The number of rotatable bonds is 10. The third-order valence-electron chi connectivity index (χ3n) is 3.99. The van der Waals surface area contributed by atoms with Crippen LogP contribution in [0.2, 0.25) is 0 Å². The van der Waals surface area contributed by atoms with Crippen molar-refractivity contribution in [3.63, 3.8) is 0 Å². The van der Waals surface area contributed by atoms with Gasteiger partial charge in [-0.3, -0.25) is 4.99 Å². The van der Waals surface area contributed by atoms with Gasteiger partial charge in [-0.1, -0.05) is 38.1 Å². The van der Waals surface area contributed by atoms with Gasteiger partial charge in [0.05, 0.1) is 13.2 Å². The Kier molecular flexibility index (Phi) is 9.42. The first-order valence-corrected chi connectivity index (χ1v) is 8.58. The first kappa shape index (κ1) is 20.5. The van der Waals surface area contributed by atoms with E-state index in [1.54, 1.807) is 14.2 Å². The van der Waals surface area contributed by atoms with Crippen LogP contribution in [0.25, 0.3) is 0 Å². The summed E-state index contributed by atoms with van der Waals surface area (Å²) in [6.07, 6.45) is 0.936. The Morgan fingerprint density at radius 2 is 1.88 bits per heavy atom. The van der Waals surface area contributed by atoms with Gasteiger partial charge in [0.1, 0.15) is 0 Å². The van der Waals surface area contributed by atoms with Gasteiger partial charge >= 0.3 is 0 Å². The van der Waals surface area contributed by atoms with Crippen LogP contribution in [0.15, 0.2) is 29.3 Å². The molecule has 0 unspecified atom stereocenters. The summed E-state index contributed by atoms with van der Waals surface area (Å²) >= 11 is 0. The van der Waals surface area contributed by atoms with Crippen molar-refractivity contribution in [2.75, 3.05) is 47.1 Å². The van der Waals surface area contributed by atoms with Crippen LogP contribution < -0.4 is 10.6 Å². The first-order chi connectivity index (χ1) is 11.5. The van der Waals surface area contributed by atoms with Crippen molar-refractivity contribution in [2.24, 2.45) is 4.99 Å². The predicted molar refractivity (Wildman–Crippen MR) is 101 cm³/mol. The molecule has 136 valence electrons. The summed E-state index contributed by atoms with van der Waals surface area (Å²) in [5, 5.41) is 6.75. The minimum Gasteiger partial charge on any atom is -0.382 e. The molecule has 0 spiro atoms. The molecule has 5 heteroatoms. The van der Waals surface area contributed by atoms with Crippen molar-refractivity contribution in [3.8, 4) is 0 Å². The number of hydrogen-bond donors (Lipinski definition) is 2. The molecule has 0 aliphatic heterocycles. The van der Waals surface area contributed by atoms with Crippen LogP contribution >= 0.6 is 0 Å². The number of aliphatic imine (C=N–C) groups is 1. The highest BCUT2D eigenvalue weighted by molar-refractivity contribution is 5.79. The summed E-state index contributed by atoms with van der Waals surface area (Å²) in [6.45, 7) is 10.3. The van der Waals surface area contributed by atoms with Gasteiger partial charge in [0, 0.05) is 39.3 Å². The van der Waals surface area contributed by atoms with Gasteiger partial charge in [-0.15, -0.1) is 0 Å². The Morgan fingerprint density at radius 3 is 2.54 bits per heavy atom. The van der Waals surface area contributed by atoms with Crippen molar-refractivity contribution >= 4 is 5.96 Å². The zero-order valence-corrected chi connectivity index (χ0v) is 15.8. The fourth-order valence-electron chi connectivity index (χ4n) is 2.58. The Bertz CT molecular complexity index is 501. The van der Waals surface area contributed by atoms with Crippen molar-refractivity contribution < 1.29 is 9.47 Å². The predicted octanol–water partition coefficient (Wildman–Crippen LogP) is 2.49. The highest BCUT2D eigenvalue weighted by Gasteiger charge is 2.22. The average molecular weight is 335 g/mol. The standard InChI is InChI=1S/C19H33N3O2/c1-16-9-6-7-10-17(16)19(2,3)15-22-18(20-4)21-11-8-12-24-14-13-23-5/h6-7,9-10H,8,11-15H2,1-5H3,(H2,20,21,22). The second-order valence-corrected chi connectivity index (χ2v) is 6.51. The zero-order valence-electron chi connectivity index (χ0n) is 15.8. The summed E-state index contributed by atoms with van der Waals surface area (Å²) in [4.78, 5) is 4.29. The number of benzene rings is 1. The lowest BCUT2D eigenvalue weighted by molar-refractivity contribution is 0.0698. The molecule has 0 bridgehead atoms. The number of nitrogens with zero attached hydrogens (tertiary/aromatic N) is 1. The summed E-state index contributed by atoms with van der Waals surface area (Å²) < 4.78 is 10.4. The molecule has 0 saturated carbocycles. The minimum atomic E-state index is 0.0340. The number of methoxy groups -OCH3 is 1. The van der Waals surface area contributed by atoms with Crippen LogP contribution in [0.4, 0.5) is 0 Å². The number of guanidine groups is 1. The van der Waals surface area contributed by atoms with Crippen LogP contribution in [0, 0.1) is 6.92 Å². The highest BCUT2D eigenvalue weighted by atomic mass is 16.5. The molecule has 1 rings (SSSR count). The summed E-state index contributed by atoms with van der Waals surface area (Å²) in [6, 6.07) is 8.54. The molecule has 0 fully saturated rings. The third-order valence-corrected chi connectivity index (χ3v) is 3.99. The van der Waals surface area contributed by atoms with E-state index in [0.717, 1.165) is 32.1 Å². The molecule has 5 nitrogen and oxygen atoms in total. The molecular formula is C19H33N3O2. The molecule has 1 aromatic carbocycles. The lowest BCUT2D eigenvalue weighted by atomic mass is 9.82. The molecule has 24 heavy (non-hydrogen) atoms. The largest absolute Gasteiger partial charge is 0.382 e. The van der Waals surface area contributed by atoms with Gasteiger partial charge in [0.25, 0.3) is 0 Å². The summed E-state index contributed by atoms with van der Waals surface area (Å²) in [7, 11) is 3.48. The monoisotopic (exact) mass is 335 g/mol. The SMILES string of the molecule is CN=C(NCCCOCCOC)NCC(C)(C)c1ccccc1C. The van der Waals surface area contributed by atoms with E-state index in [0.29, 0.717) is 13.2 Å². The van der Waals surface area contributed by atoms with Gasteiger partial charge in [-0.05, 0) is 24.5 Å². The molecule has 0 amide bonds. The maximum atomic E-state index is 5.45. The lowest BCUT2D eigenvalue weighted by Gasteiger charge is -2.28. The van der Waals surface area contributed by atoms with E-state index in [9.17, 15) is 0 Å². The fourth-order valence-corrected chi connectivity index (χ4v) is 2.58. The number of hydrogen-bond acceptors (Lipinski definition) is 3. The normalized spacial score (nSPS) is 12.3. The Morgan fingerprint density at radius 1 is 1.12 bits per heavy atom. The van der Waals surface area contributed by atoms with Crippen molar-refractivity contribution in [3.05, 3.63) is 35.4 Å². The second-order valence-electron chi connectivity index (χ2n) is 6.51. The van der Waals surface area contributed by atoms with Gasteiger partial charge < -0.3 is 20.1 Å². The van der Waals surface area contributed by atoms with Crippen molar-refractivity contribution in [2.45, 2.75) is 32.6 Å². The van der Waals surface area contributed by atoms with Crippen LogP contribution in [0.1, 0.15) is 31.4 Å². The van der Waals surface area contributed by atoms with Crippen LogP contribution in [-0.2, 0) is 14.9 Å². The molecule has 0 aliphatic carbocycles. The van der Waals surface area contributed by atoms with Crippen LogP contribution in [-0.4, -0.2) is 53.0 Å². The van der Waals surface area contributed by atoms with E-state index >= 15 is 0 Å². The smallest absolute Gasteiger partial charge is 0.191 e. The maximum absolute atomic E-state index is 5.45. The highest BCUT2D eigenvalue weighted by Crippen LogP contribution is 2.25. The lowest BCUT2D eigenvalue weighted by Crippen LogP contribution is -2.44. The number of aryl methyl sites for hydroxylation is 1. The number of ether oxygens (including phenoxy) is 2. The molecule has 0 atom stereocenters. The molecular weight excluding hydrogens is 302 g/mol. The maximum Gasteiger partial charge on any atom is 0.191 e. The quantitative estimate of drug-likeness (QED) is 0.392. The first-order valence-electron chi connectivity index (χ1n) is 8.58. The Hall–Kier alpha value is -1.59. The van der Waals surface area contributed by atoms with Crippen LogP contribution in [0.5, 0.6) is 0 Å². The van der Waals surface area contributed by atoms with Gasteiger partial charge in [-0.25, -0.2) is 0 Å². The molecule has 0 saturated heterocycles. The van der Waals surface area contributed by atoms with E-state index in [2.05, 4.69) is 60.7 Å². The Balaban J connectivity index is 2.34. The van der Waals surface area contributed by atoms with E-state index < -0.39 is 0 Å². The van der Waals surface area contributed by atoms with Gasteiger partial charge in [-0.2, -0.15) is 0 Å². The third kappa shape index (κ3) is 7.32. The summed E-state index contributed by atoms with van der Waals surface area (Å²) in [5.41, 5.74) is 2.71. The topological polar surface area (TPSA) is 54.9 Å². The van der Waals surface area contributed by atoms with Crippen LogP contribution in [0.3, 0.4) is 0 Å². The minimum absolute atomic E-state index is 0.0340. The molecule has 0 radical (unpaired) electrons. The molecule has 0 heterocycles. The molecule has 0 aliphatic rings. The molecule has 2 N–H and O–H groups in total. The zero-order chi connectivity index (χ0) is 17.8. The Labute approximate surface area is 146 Å². The van der Waals surface area contributed by atoms with Crippen molar-refractivity contribution in [1.29, 1.82) is 0 Å². The van der Waals surface area contributed by atoms with E-state index in [4.69, 9.17) is 9.47 Å². The molecule has 0 aromatic heterocycles. The molecule has 1 aromatic rings. The van der Waals surface area contributed by atoms with Gasteiger partial charge in [0.15, 0.2) is 5.96 Å². The second kappa shape index (κ2) is 11.0. The van der Waals surface area contributed by atoms with E-state index in [-0.39, 0.29) is 5.41 Å². The fraction of sp³-hybridized carbons (Fsp3) is 0.632. The van der Waals surface area contributed by atoms with Gasteiger partial charge in [0.2, 0.25) is 0 Å². The van der Waals surface area contributed by atoms with E-state index in [1.165, 1.54) is 11.1 Å². The number of nitrogens with one attached hydrogen (secondary N) is 2. The summed E-state index contributed by atoms with van der Waals surface area (Å²) in [5.74, 6) is 0.827.